The normalized spacial score (nSPS) is 15.6. The summed E-state index contributed by atoms with van der Waals surface area (Å²) in [5.41, 5.74) is 7.08. The molecule has 0 saturated carbocycles. The van der Waals surface area contributed by atoms with Gasteiger partial charge < -0.3 is 9.80 Å². The van der Waals surface area contributed by atoms with Crippen LogP contribution in [0, 0.1) is 0 Å². The Hall–Kier alpha value is -3.89. The summed E-state index contributed by atoms with van der Waals surface area (Å²) < 4.78 is 0. The average molecular weight is 447 g/mol. The zero-order valence-electron chi connectivity index (χ0n) is 19.7. The summed E-state index contributed by atoms with van der Waals surface area (Å²) >= 11 is 0. The van der Waals surface area contributed by atoms with Gasteiger partial charge in [0.05, 0.1) is 6.67 Å². The summed E-state index contributed by atoms with van der Waals surface area (Å²) in [5.74, 6) is 0.976. The zero-order valence-corrected chi connectivity index (χ0v) is 19.7. The highest BCUT2D eigenvalue weighted by molar-refractivity contribution is 6.11. The van der Waals surface area contributed by atoms with Crippen molar-refractivity contribution < 1.29 is 0 Å². The first-order chi connectivity index (χ1) is 16.7. The van der Waals surface area contributed by atoms with Crippen molar-refractivity contribution in [2.24, 2.45) is 4.99 Å². The van der Waals surface area contributed by atoms with Crippen LogP contribution >= 0.6 is 0 Å². The highest BCUT2D eigenvalue weighted by Gasteiger charge is 2.29. The summed E-state index contributed by atoms with van der Waals surface area (Å²) in [6.07, 6.45) is -0.00955. The van der Waals surface area contributed by atoms with Crippen molar-refractivity contribution in [1.82, 2.24) is 5.32 Å². The van der Waals surface area contributed by atoms with Gasteiger partial charge in [0.25, 0.3) is 0 Å². The van der Waals surface area contributed by atoms with E-state index in [1.54, 1.807) is 0 Å². The molecule has 170 valence electrons. The van der Waals surface area contributed by atoms with Crippen LogP contribution in [0.3, 0.4) is 0 Å². The van der Waals surface area contributed by atoms with Crippen LogP contribution in [0.25, 0.3) is 11.1 Å². The van der Waals surface area contributed by atoms with Gasteiger partial charge in [0.1, 0.15) is 12.0 Å². The quantitative estimate of drug-likeness (QED) is 0.376. The first-order valence-electron chi connectivity index (χ1n) is 11.8. The largest absolute Gasteiger partial charge is 0.375 e. The highest BCUT2D eigenvalue weighted by Crippen LogP contribution is 2.31. The monoisotopic (exact) mass is 446 g/mol. The van der Waals surface area contributed by atoms with Crippen molar-refractivity contribution in [1.29, 1.82) is 0 Å². The molecule has 1 unspecified atom stereocenters. The number of hydrogen-bond acceptors (Lipinski definition) is 4. The SMILES string of the molecule is CCN(C)c1ccc(C2NCN=C(c3ccc(-c4ccccc4)cc3)N2c2ccccc2)cc1. The lowest BCUT2D eigenvalue weighted by molar-refractivity contribution is 0.537. The molecule has 0 spiro atoms. The van der Waals surface area contributed by atoms with Crippen molar-refractivity contribution in [3.05, 3.63) is 120 Å². The van der Waals surface area contributed by atoms with E-state index < -0.39 is 0 Å². The molecule has 0 saturated heterocycles. The number of amidine groups is 1. The minimum absolute atomic E-state index is 0.00955. The summed E-state index contributed by atoms with van der Waals surface area (Å²) in [6.45, 7) is 3.72. The lowest BCUT2D eigenvalue weighted by atomic mass is 10.0. The topological polar surface area (TPSA) is 30.9 Å². The minimum atomic E-state index is -0.00955. The van der Waals surface area contributed by atoms with E-state index in [1.165, 1.54) is 22.4 Å². The van der Waals surface area contributed by atoms with E-state index in [1.807, 2.05) is 6.07 Å². The Morgan fingerprint density at radius 3 is 2.00 bits per heavy atom. The van der Waals surface area contributed by atoms with Crippen LogP contribution < -0.4 is 15.1 Å². The first kappa shape index (κ1) is 21.9. The molecule has 0 aliphatic carbocycles. The van der Waals surface area contributed by atoms with E-state index in [4.69, 9.17) is 4.99 Å². The van der Waals surface area contributed by atoms with E-state index in [-0.39, 0.29) is 6.17 Å². The molecule has 4 aromatic rings. The standard InChI is InChI=1S/C30H30N4/c1-3-33(2)27-20-18-26(19-21-27)30-32-22-31-29(34(30)28-12-8-5-9-13-28)25-16-14-24(15-17-25)23-10-6-4-7-11-23/h4-21,30,32H,3,22H2,1-2H3. The lowest BCUT2D eigenvalue weighted by Gasteiger charge is -2.38. The lowest BCUT2D eigenvalue weighted by Crippen LogP contribution is -2.47. The van der Waals surface area contributed by atoms with Crippen molar-refractivity contribution in [3.8, 4) is 11.1 Å². The van der Waals surface area contributed by atoms with E-state index in [2.05, 4.69) is 132 Å². The summed E-state index contributed by atoms with van der Waals surface area (Å²) in [7, 11) is 2.12. The molecule has 0 radical (unpaired) electrons. The third-order valence-corrected chi connectivity index (χ3v) is 6.41. The molecule has 1 N–H and O–H groups in total. The minimum Gasteiger partial charge on any atom is -0.375 e. The molecule has 0 aromatic heterocycles. The van der Waals surface area contributed by atoms with Gasteiger partial charge >= 0.3 is 0 Å². The van der Waals surface area contributed by atoms with Gasteiger partial charge in [0.15, 0.2) is 0 Å². The third-order valence-electron chi connectivity index (χ3n) is 6.41. The smallest absolute Gasteiger partial charge is 0.138 e. The Kier molecular flexibility index (Phi) is 6.41. The number of para-hydroxylation sites is 1. The Labute approximate surface area is 202 Å². The number of aliphatic imine (C=N–C) groups is 1. The van der Waals surface area contributed by atoms with E-state index in [0.717, 1.165) is 23.6 Å². The van der Waals surface area contributed by atoms with Crippen LogP contribution in [0.4, 0.5) is 11.4 Å². The number of benzene rings is 4. The van der Waals surface area contributed by atoms with Crippen LogP contribution in [-0.4, -0.2) is 26.1 Å². The molecule has 0 bridgehead atoms. The molecular formula is C30H30N4. The summed E-state index contributed by atoms with van der Waals surface area (Å²) in [6, 6.07) is 38.5. The van der Waals surface area contributed by atoms with Crippen molar-refractivity contribution in [2.45, 2.75) is 13.1 Å². The van der Waals surface area contributed by atoms with Crippen LogP contribution in [0.15, 0.2) is 114 Å². The van der Waals surface area contributed by atoms with Crippen LogP contribution in [0.5, 0.6) is 0 Å². The fraction of sp³-hybridized carbons (Fsp3) is 0.167. The van der Waals surface area contributed by atoms with Crippen LogP contribution in [-0.2, 0) is 0 Å². The fourth-order valence-corrected chi connectivity index (χ4v) is 4.39. The number of nitrogens with one attached hydrogen (secondary N) is 1. The Morgan fingerprint density at radius 2 is 1.35 bits per heavy atom. The third kappa shape index (κ3) is 4.45. The van der Waals surface area contributed by atoms with E-state index in [0.29, 0.717) is 6.67 Å². The Balaban J connectivity index is 1.51. The number of rotatable bonds is 6. The fourth-order valence-electron chi connectivity index (χ4n) is 4.39. The number of hydrogen-bond donors (Lipinski definition) is 1. The zero-order chi connectivity index (χ0) is 23.3. The molecule has 1 heterocycles. The number of nitrogens with zero attached hydrogens (tertiary/aromatic N) is 3. The van der Waals surface area contributed by atoms with Crippen molar-refractivity contribution >= 4 is 17.2 Å². The van der Waals surface area contributed by atoms with Crippen molar-refractivity contribution in [2.75, 3.05) is 30.1 Å². The van der Waals surface area contributed by atoms with Gasteiger partial charge in [0, 0.05) is 30.5 Å². The predicted octanol–water partition coefficient (Wildman–Crippen LogP) is 6.32. The maximum Gasteiger partial charge on any atom is 0.138 e. The summed E-state index contributed by atoms with van der Waals surface area (Å²) in [5, 5.41) is 3.61. The average Bonchev–Trinajstić information content (AvgIpc) is 2.93. The molecule has 0 amide bonds. The maximum absolute atomic E-state index is 4.92. The molecule has 4 nitrogen and oxygen atoms in total. The molecule has 4 heteroatoms. The second-order valence-corrected chi connectivity index (χ2v) is 8.50. The molecule has 1 aliphatic rings. The first-order valence-corrected chi connectivity index (χ1v) is 11.8. The van der Waals surface area contributed by atoms with E-state index >= 15 is 0 Å². The molecular weight excluding hydrogens is 416 g/mol. The predicted molar refractivity (Wildman–Crippen MR) is 143 cm³/mol. The second kappa shape index (κ2) is 9.94. The van der Waals surface area contributed by atoms with Gasteiger partial charge in [-0.05, 0) is 47.9 Å². The Bertz CT molecular complexity index is 1230. The molecule has 5 rings (SSSR count). The van der Waals surface area contributed by atoms with Crippen LogP contribution in [0.2, 0.25) is 0 Å². The maximum atomic E-state index is 4.92. The molecule has 1 aliphatic heterocycles. The number of anilines is 2. The van der Waals surface area contributed by atoms with Gasteiger partial charge in [-0.3, -0.25) is 10.3 Å². The van der Waals surface area contributed by atoms with E-state index in [9.17, 15) is 0 Å². The van der Waals surface area contributed by atoms with Gasteiger partial charge in [-0.25, -0.2) is 0 Å². The van der Waals surface area contributed by atoms with Gasteiger partial charge in [0.2, 0.25) is 0 Å². The van der Waals surface area contributed by atoms with Gasteiger partial charge in [-0.15, -0.1) is 0 Å². The summed E-state index contributed by atoms with van der Waals surface area (Å²) in [4.78, 5) is 9.47. The van der Waals surface area contributed by atoms with Crippen LogP contribution in [0.1, 0.15) is 24.2 Å². The highest BCUT2D eigenvalue weighted by atomic mass is 15.4. The molecule has 4 aromatic carbocycles. The molecule has 1 atom stereocenters. The van der Waals surface area contributed by atoms with Crippen molar-refractivity contribution in [3.63, 3.8) is 0 Å². The molecule has 34 heavy (non-hydrogen) atoms. The Morgan fingerprint density at radius 1 is 0.765 bits per heavy atom. The second-order valence-electron chi connectivity index (χ2n) is 8.50. The molecule has 0 fully saturated rings. The van der Waals surface area contributed by atoms with Gasteiger partial charge in [-0.2, -0.15) is 0 Å². The van der Waals surface area contributed by atoms with Gasteiger partial charge in [-0.1, -0.05) is 84.9 Å².